The van der Waals surface area contributed by atoms with Crippen LogP contribution in [0.5, 0.6) is 11.5 Å². The van der Waals surface area contributed by atoms with Crippen molar-refractivity contribution < 1.29 is 18.9 Å². The molecule has 0 aromatic heterocycles. The highest BCUT2D eigenvalue weighted by atomic mass is 16.5. The smallest absolute Gasteiger partial charge is 0.122 e. The van der Waals surface area contributed by atoms with Crippen LogP contribution in [0.1, 0.15) is 115 Å². The van der Waals surface area contributed by atoms with Gasteiger partial charge in [0.25, 0.3) is 0 Å². The Bertz CT molecular complexity index is 1290. The van der Waals surface area contributed by atoms with E-state index < -0.39 is 0 Å². The van der Waals surface area contributed by atoms with Gasteiger partial charge in [0.15, 0.2) is 0 Å². The highest BCUT2D eigenvalue weighted by Crippen LogP contribution is 2.36. The van der Waals surface area contributed by atoms with E-state index in [1.165, 1.54) is 22.3 Å². The predicted octanol–water partition coefficient (Wildman–Crippen LogP) is 12.0. The molecule has 4 rings (SSSR count). The Morgan fingerprint density at radius 2 is 0.729 bits per heavy atom. The van der Waals surface area contributed by atoms with E-state index in [-0.39, 0.29) is 12.2 Å². The second kappa shape index (κ2) is 21.4. The molecule has 2 atom stereocenters. The van der Waals surface area contributed by atoms with Crippen LogP contribution in [0.15, 0.2) is 109 Å². The van der Waals surface area contributed by atoms with Gasteiger partial charge in [-0.1, -0.05) is 152 Å². The van der Waals surface area contributed by atoms with Crippen LogP contribution in [-0.2, 0) is 9.47 Å². The van der Waals surface area contributed by atoms with Crippen molar-refractivity contribution in [2.24, 2.45) is 11.8 Å². The van der Waals surface area contributed by atoms with Crippen molar-refractivity contribution in [2.75, 3.05) is 26.4 Å². The van der Waals surface area contributed by atoms with Crippen LogP contribution in [0.3, 0.4) is 0 Å². The molecule has 0 spiro atoms. The van der Waals surface area contributed by atoms with Crippen molar-refractivity contribution in [1.29, 1.82) is 0 Å². The molecular weight excluding hydrogens is 592 g/mol. The summed E-state index contributed by atoms with van der Waals surface area (Å²) in [7, 11) is 0. The van der Waals surface area contributed by atoms with Gasteiger partial charge >= 0.3 is 0 Å². The fourth-order valence-corrected chi connectivity index (χ4v) is 5.34. The lowest BCUT2D eigenvalue weighted by Gasteiger charge is -2.29. The molecule has 4 heteroatoms. The van der Waals surface area contributed by atoms with Crippen LogP contribution < -0.4 is 9.47 Å². The number of benzene rings is 4. The third-order valence-corrected chi connectivity index (χ3v) is 8.20. The number of hydrogen-bond donors (Lipinski definition) is 0. The molecule has 2 unspecified atom stereocenters. The Morgan fingerprint density at radius 3 is 1.06 bits per heavy atom. The van der Waals surface area contributed by atoms with Gasteiger partial charge in [0.2, 0.25) is 0 Å². The Kier molecular flexibility index (Phi) is 17.3. The van der Waals surface area contributed by atoms with Crippen molar-refractivity contribution in [3.8, 4) is 11.5 Å². The van der Waals surface area contributed by atoms with Gasteiger partial charge in [0, 0.05) is 13.2 Å². The molecule has 0 radical (unpaired) electrons. The molecule has 0 aliphatic rings. The topological polar surface area (TPSA) is 36.9 Å². The summed E-state index contributed by atoms with van der Waals surface area (Å²) in [6, 6.07) is 37.4. The molecule has 4 aromatic carbocycles. The maximum atomic E-state index is 6.39. The number of rotatable bonds is 18. The minimum Gasteiger partial charge on any atom is -0.490 e. The zero-order valence-electron chi connectivity index (χ0n) is 30.7. The van der Waals surface area contributed by atoms with Gasteiger partial charge < -0.3 is 18.9 Å². The Labute approximate surface area is 291 Å². The Balaban J connectivity index is 0.000000264. The van der Waals surface area contributed by atoms with Crippen LogP contribution in [0.25, 0.3) is 0 Å². The highest BCUT2D eigenvalue weighted by molar-refractivity contribution is 5.36. The Hall–Kier alpha value is -3.60. The monoisotopic (exact) mass is 652 g/mol. The molecule has 0 bridgehead atoms. The highest BCUT2D eigenvalue weighted by Gasteiger charge is 2.26. The van der Waals surface area contributed by atoms with E-state index in [0.29, 0.717) is 36.9 Å². The lowest BCUT2D eigenvalue weighted by molar-refractivity contribution is -0.0822. The van der Waals surface area contributed by atoms with Gasteiger partial charge in [0.1, 0.15) is 36.9 Å². The average molecular weight is 653 g/mol. The van der Waals surface area contributed by atoms with E-state index in [4.69, 9.17) is 18.9 Å². The van der Waals surface area contributed by atoms with Crippen LogP contribution in [-0.4, -0.2) is 26.4 Å². The maximum Gasteiger partial charge on any atom is 0.122 e. The lowest BCUT2D eigenvalue weighted by atomic mass is 9.97. The van der Waals surface area contributed by atoms with E-state index in [1.54, 1.807) is 0 Å². The van der Waals surface area contributed by atoms with Crippen molar-refractivity contribution in [2.45, 2.75) is 92.3 Å². The van der Waals surface area contributed by atoms with Gasteiger partial charge in [-0.3, -0.25) is 0 Å². The van der Waals surface area contributed by atoms with Gasteiger partial charge in [-0.05, 0) is 70.9 Å². The summed E-state index contributed by atoms with van der Waals surface area (Å²) in [5.41, 5.74) is 4.83. The molecule has 0 saturated heterocycles. The zero-order chi connectivity index (χ0) is 34.7. The van der Waals surface area contributed by atoms with Crippen LogP contribution in [0, 0.1) is 11.8 Å². The van der Waals surface area contributed by atoms with E-state index in [0.717, 1.165) is 37.6 Å². The summed E-state index contributed by atoms with van der Waals surface area (Å²) < 4.78 is 24.6. The largest absolute Gasteiger partial charge is 0.490 e. The minimum absolute atomic E-state index is 0.0930. The molecule has 4 aromatic rings. The quantitative estimate of drug-likeness (QED) is 0.100. The fraction of sp³-hybridized carbons (Fsp3) is 0.455. The van der Waals surface area contributed by atoms with Crippen LogP contribution in [0.2, 0.25) is 0 Å². The molecule has 48 heavy (non-hydrogen) atoms. The number of para-hydroxylation sites is 2. The molecule has 0 amide bonds. The second-order valence-electron chi connectivity index (χ2n) is 13.9. The van der Waals surface area contributed by atoms with Gasteiger partial charge in [0.05, 0.1) is 0 Å². The molecule has 4 nitrogen and oxygen atoms in total. The van der Waals surface area contributed by atoms with E-state index >= 15 is 0 Å². The first-order chi connectivity index (χ1) is 23.2. The third kappa shape index (κ3) is 13.5. The van der Waals surface area contributed by atoms with E-state index in [1.807, 2.05) is 36.4 Å². The predicted molar refractivity (Wildman–Crippen MR) is 201 cm³/mol. The van der Waals surface area contributed by atoms with Gasteiger partial charge in [-0.15, -0.1) is 0 Å². The summed E-state index contributed by atoms with van der Waals surface area (Å²) in [4.78, 5) is 0. The molecule has 0 fully saturated rings. The maximum absolute atomic E-state index is 6.39. The average Bonchev–Trinajstić information content (AvgIpc) is 3.08. The summed E-state index contributed by atoms with van der Waals surface area (Å²) in [6.45, 7) is 20.2. The van der Waals surface area contributed by atoms with Crippen LogP contribution >= 0.6 is 0 Å². The van der Waals surface area contributed by atoms with Crippen molar-refractivity contribution in [1.82, 2.24) is 0 Å². The SMILES string of the molecule is CC(C)CCOC(c1ccccc1)C(OCCC(C)C)c1ccccc1.CC(C)c1ccccc1OCCOc1ccccc1C(C)C. The number of hydrogen-bond acceptors (Lipinski definition) is 4. The van der Waals surface area contributed by atoms with E-state index in [9.17, 15) is 0 Å². The molecule has 260 valence electrons. The minimum atomic E-state index is -0.0930. The first-order valence-electron chi connectivity index (χ1n) is 17.9. The van der Waals surface area contributed by atoms with Crippen molar-refractivity contribution >= 4 is 0 Å². The van der Waals surface area contributed by atoms with Gasteiger partial charge in [-0.25, -0.2) is 0 Å². The lowest BCUT2D eigenvalue weighted by Crippen LogP contribution is -2.20. The molecule has 0 heterocycles. The molecular formula is C44H60O4. The summed E-state index contributed by atoms with van der Waals surface area (Å²) >= 11 is 0. The molecule has 0 aliphatic heterocycles. The molecule has 0 aliphatic carbocycles. The first kappa shape index (κ1) is 38.8. The third-order valence-electron chi connectivity index (χ3n) is 8.20. The van der Waals surface area contributed by atoms with Crippen molar-refractivity contribution in [3.63, 3.8) is 0 Å². The Morgan fingerprint density at radius 1 is 0.396 bits per heavy atom. The van der Waals surface area contributed by atoms with Crippen molar-refractivity contribution in [3.05, 3.63) is 131 Å². The van der Waals surface area contributed by atoms with E-state index in [2.05, 4.69) is 128 Å². The summed E-state index contributed by atoms with van der Waals surface area (Å²) in [5.74, 6) is 4.08. The summed E-state index contributed by atoms with van der Waals surface area (Å²) in [6.07, 6.45) is 1.92. The standard InChI is InChI=1S/C24H34O2.C20H26O2/c1-19(2)15-17-25-23(21-11-7-5-8-12-21)24(26-18-16-20(3)4)22-13-9-6-10-14-22;1-15(2)17-9-5-7-11-19(17)21-13-14-22-20-12-8-6-10-18(20)16(3)4/h5-14,19-20,23-24H,15-18H2,1-4H3;5-12,15-16H,13-14H2,1-4H3. The van der Waals surface area contributed by atoms with Gasteiger partial charge in [-0.2, -0.15) is 0 Å². The normalized spacial score (nSPS) is 12.6. The first-order valence-corrected chi connectivity index (χ1v) is 17.9. The zero-order valence-corrected chi connectivity index (χ0v) is 30.7. The molecule has 0 N–H and O–H groups in total. The fourth-order valence-electron chi connectivity index (χ4n) is 5.34. The molecule has 0 saturated carbocycles. The second-order valence-corrected chi connectivity index (χ2v) is 13.9. The number of ether oxygens (including phenoxy) is 4. The summed E-state index contributed by atoms with van der Waals surface area (Å²) in [5, 5.41) is 0. The van der Waals surface area contributed by atoms with Crippen LogP contribution in [0.4, 0.5) is 0 Å².